The topological polar surface area (TPSA) is 69.6 Å². The molecular formula is C29H42N2O3. The Morgan fingerprint density at radius 1 is 0.912 bits per heavy atom. The van der Waals surface area contributed by atoms with Crippen LogP contribution >= 0.6 is 0 Å². The second-order valence-corrected chi connectivity index (χ2v) is 10.6. The number of aryl methyl sites for hydroxylation is 1. The van der Waals surface area contributed by atoms with E-state index in [4.69, 9.17) is 0 Å². The number of carbonyl (C=O) groups excluding carboxylic acids is 1. The summed E-state index contributed by atoms with van der Waals surface area (Å²) in [5.74, 6) is 0.0861. The first kappa shape index (κ1) is 27.4. The standard InChI is InChI=1S/C29H42N2O3/c1-19(2)17-31(18-20(3)4)27-13-12-24(25(21(5)6)16-29(33)34)15-26(27)30-28(32)14-23-10-8-22(7)9-11-23/h8-13,15,19-21,25H,14,16-18H2,1-7H3,(H,30,32)(H,33,34). The molecule has 186 valence electrons. The maximum Gasteiger partial charge on any atom is 0.303 e. The number of benzene rings is 2. The van der Waals surface area contributed by atoms with Crippen molar-refractivity contribution in [2.75, 3.05) is 23.3 Å². The average molecular weight is 467 g/mol. The van der Waals surface area contributed by atoms with Crippen molar-refractivity contribution >= 4 is 23.3 Å². The van der Waals surface area contributed by atoms with Crippen LogP contribution in [0.15, 0.2) is 42.5 Å². The molecule has 1 unspecified atom stereocenters. The van der Waals surface area contributed by atoms with E-state index in [2.05, 4.69) is 44.0 Å². The molecule has 1 amide bonds. The SMILES string of the molecule is Cc1ccc(CC(=O)Nc2cc(C(CC(=O)O)C(C)C)ccc2N(CC(C)C)CC(C)C)cc1. The molecule has 1 atom stereocenters. The van der Waals surface area contributed by atoms with Gasteiger partial charge in [0, 0.05) is 13.1 Å². The van der Waals surface area contributed by atoms with E-state index in [1.54, 1.807) is 0 Å². The summed E-state index contributed by atoms with van der Waals surface area (Å²) < 4.78 is 0. The molecule has 0 aliphatic rings. The fraction of sp³-hybridized carbons (Fsp3) is 0.517. The normalized spacial score (nSPS) is 12.3. The summed E-state index contributed by atoms with van der Waals surface area (Å²) in [7, 11) is 0. The molecule has 0 radical (unpaired) electrons. The summed E-state index contributed by atoms with van der Waals surface area (Å²) in [4.78, 5) is 26.9. The van der Waals surface area contributed by atoms with Crippen LogP contribution in [0.4, 0.5) is 11.4 Å². The van der Waals surface area contributed by atoms with Crippen molar-refractivity contribution in [2.24, 2.45) is 17.8 Å². The fourth-order valence-electron chi connectivity index (χ4n) is 4.33. The average Bonchev–Trinajstić information content (AvgIpc) is 2.72. The molecule has 0 saturated heterocycles. The van der Waals surface area contributed by atoms with Gasteiger partial charge in [-0.15, -0.1) is 0 Å². The van der Waals surface area contributed by atoms with Crippen LogP contribution in [0.1, 0.15) is 70.6 Å². The van der Waals surface area contributed by atoms with Gasteiger partial charge in [0.2, 0.25) is 5.91 Å². The molecule has 2 aromatic carbocycles. The number of carboxylic acid groups (broad SMARTS) is 1. The highest BCUT2D eigenvalue weighted by molar-refractivity contribution is 5.95. The number of anilines is 2. The Labute approximate surface area is 205 Å². The Morgan fingerprint density at radius 3 is 2.00 bits per heavy atom. The molecule has 2 aromatic rings. The molecular weight excluding hydrogens is 424 g/mol. The largest absolute Gasteiger partial charge is 0.481 e. The molecule has 0 fully saturated rings. The second kappa shape index (κ2) is 12.6. The van der Waals surface area contributed by atoms with Gasteiger partial charge in [-0.05, 0) is 53.9 Å². The first-order valence-electron chi connectivity index (χ1n) is 12.4. The van der Waals surface area contributed by atoms with Gasteiger partial charge in [0.25, 0.3) is 0 Å². The van der Waals surface area contributed by atoms with Crippen LogP contribution in [-0.4, -0.2) is 30.1 Å². The van der Waals surface area contributed by atoms with Crippen molar-refractivity contribution in [3.8, 4) is 0 Å². The van der Waals surface area contributed by atoms with Crippen molar-refractivity contribution < 1.29 is 14.7 Å². The number of hydrogen-bond acceptors (Lipinski definition) is 3. The van der Waals surface area contributed by atoms with Gasteiger partial charge in [0.1, 0.15) is 0 Å². The highest BCUT2D eigenvalue weighted by Crippen LogP contribution is 2.35. The van der Waals surface area contributed by atoms with Gasteiger partial charge in [-0.2, -0.15) is 0 Å². The first-order chi connectivity index (χ1) is 16.0. The van der Waals surface area contributed by atoms with Crippen molar-refractivity contribution in [3.63, 3.8) is 0 Å². The third kappa shape index (κ3) is 8.51. The van der Waals surface area contributed by atoms with Crippen LogP contribution < -0.4 is 10.2 Å². The van der Waals surface area contributed by atoms with Gasteiger partial charge in [0.15, 0.2) is 0 Å². The van der Waals surface area contributed by atoms with Crippen LogP contribution in [0, 0.1) is 24.7 Å². The lowest BCUT2D eigenvalue weighted by atomic mass is 9.85. The van der Waals surface area contributed by atoms with E-state index < -0.39 is 5.97 Å². The Balaban J connectivity index is 2.45. The molecule has 0 spiro atoms. The Hall–Kier alpha value is -2.82. The summed E-state index contributed by atoms with van der Waals surface area (Å²) in [6.07, 6.45) is 0.358. The predicted molar refractivity (Wildman–Crippen MR) is 142 cm³/mol. The summed E-state index contributed by atoms with van der Waals surface area (Å²) in [6, 6.07) is 14.1. The van der Waals surface area contributed by atoms with E-state index in [-0.39, 0.29) is 24.2 Å². The fourth-order valence-corrected chi connectivity index (χ4v) is 4.33. The maximum atomic E-state index is 13.1. The molecule has 0 aliphatic heterocycles. The minimum atomic E-state index is -0.811. The third-order valence-corrected chi connectivity index (χ3v) is 5.92. The third-order valence-electron chi connectivity index (χ3n) is 5.92. The highest BCUT2D eigenvalue weighted by Gasteiger charge is 2.23. The van der Waals surface area contributed by atoms with Gasteiger partial charge in [0.05, 0.1) is 24.2 Å². The number of amides is 1. The van der Waals surface area contributed by atoms with Crippen LogP contribution in [-0.2, 0) is 16.0 Å². The lowest BCUT2D eigenvalue weighted by molar-refractivity contribution is -0.137. The van der Waals surface area contributed by atoms with Gasteiger partial charge in [-0.25, -0.2) is 0 Å². The van der Waals surface area contributed by atoms with Gasteiger partial charge in [-0.3, -0.25) is 9.59 Å². The van der Waals surface area contributed by atoms with Crippen LogP contribution in [0.3, 0.4) is 0 Å². The van der Waals surface area contributed by atoms with Gasteiger partial charge >= 0.3 is 5.97 Å². The van der Waals surface area contributed by atoms with Crippen molar-refractivity contribution in [1.29, 1.82) is 0 Å². The number of nitrogens with zero attached hydrogens (tertiary/aromatic N) is 1. The minimum absolute atomic E-state index is 0.0649. The smallest absolute Gasteiger partial charge is 0.303 e. The van der Waals surface area contributed by atoms with Crippen molar-refractivity contribution in [1.82, 2.24) is 0 Å². The number of carbonyl (C=O) groups is 2. The maximum absolute atomic E-state index is 13.1. The predicted octanol–water partition coefficient (Wildman–Crippen LogP) is 6.51. The molecule has 2 rings (SSSR count). The lowest BCUT2D eigenvalue weighted by Gasteiger charge is -2.31. The van der Waals surface area contributed by atoms with E-state index in [0.29, 0.717) is 18.3 Å². The molecule has 0 aliphatic carbocycles. The van der Waals surface area contributed by atoms with E-state index in [1.165, 1.54) is 0 Å². The first-order valence-corrected chi connectivity index (χ1v) is 12.4. The molecule has 0 heterocycles. The minimum Gasteiger partial charge on any atom is -0.481 e. The van der Waals surface area contributed by atoms with E-state index in [0.717, 1.165) is 41.2 Å². The number of nitrogens with one attached hydrogen (secondary N) is 1. The number of carboxylic acids is 1. The Morgan fingerprint density at radius 2 is 1.50 bits per heavy atom. The summed E-state index contributed by atoms with van der Waals surface area (Å²) in [6.45, 7) is 16.6. The molecule has 2 N–H and O–H groups in total. The summed E-state index contributed by atoms with van der Waals surface area (Å²) in [5.41, 5.74) is 4.82. The molecule has 0 saturated carbocycles. The number of aliphatic carboxylic acids is 1. The van der Waals surface area contributed by atoms with Crippen molar-refractivity contribution in [2.45, 2.75) is 67.2 Å². The van der Waals surface area contributed by atoms with E-state index in [9.17, 15) is 14.7 Å². The summed E-state index contributed by atoms with van der Waals surface area (Å²) in [5, 5.41) is 12.6. The Kier molecular flexibility index (Phi) is 10.2. The van der Waals surface area contributed by atoms with Crippen molar-refractivity contribution in [3.05, 3.63) is 59.2 Å². The van der Waals surface area contributed by atoms with Crippen LogP contribution in [0.25, 0.3) is 0 Å². The summed E-state index contributed by atoms with van der Waals surface area (Å²) >= 11 is 0. The molecule has 0 aromatic heterocycles. The zero-order chi connectivity index (χ0) is 25.4. The number of rotatable bonds is 12. The van der Waals surface area contributed by atoms with E-state index >= 15 is 0 Å². The quantitative estimate of drug-likeness (QED) is 0.374. The van der Waals surface area contributed by atoms with E-state index in [1.807, 2.05) is 57.2 Å². The monoisotopic (exact) mass is 466 g/mol. The zero-order valence-electron chi connectivity index (χ0n) is 21.9. The van der Waals surface area contributed by atoms with Crippen LogP contribution in [0.5, 0.6) is 0 Å². The molecule has 34 heavy (non-hydrogen) atoms. The van der Waals surface area contributed by atoms with Gasteiger partial charge in [-0.1, -0.05) is 77.4 Å². The lowest BCUT2D eigenvalue weighted by Crippen LogP contribution is -2.32. The highest BCUT2D eigenvalue weighted by atomic mass is 16.4. The zero-order valence-corrected chi connectivity index (χ0v) is 21.9. The number of hydrogen-bond donors (Lipinski definition) is 2. The van der Waals surface area contributed by atoms with Gasteiger partial charge < -0.3 is 15.3 Å². The molecule has 5 nitrogen and oxygen atoms in total. The molecule has 0 bridgehead atoms. The van der Waals surface area contributed by atoms with Crippen LogP contribution in [0.2, 0.25) is 0 Å². The Bertz CT molecular complexity index is 938. The molecule has 5 heteroatoms. The second-order valence-electron chi connectivity index (χ2n) is 10.6.